The van der Waals surface area contributed by atoms with Crippen LogP contribution >= 0.6 is 11.6 Å². The highest BCUT2D eigenvalue weighted by Crippen LogP contribution is 2.20. The Morgan fingerprint density at radius 1 is 1.07 bits per heavy atom. The van der Waals surface area contributed by atoms with Crippen molar-refractivity contribution in [2.45, 2.75) is 51.9 Å². The van der Waals surface area contributed by atoms with Gasteiger partial charge in [0.2, 0.25) is 0 Å². The van der Waals surface area contributed by atoms with E-state index >= 15 is 0 Å². The zero-order valence-electron chi connectivity index (χ0n) is 10.2. The lowest BCUT2D eigenvalue weighted by Crippen LogP contribution is -2.34. The van der Waals surface area contributed by atoms with Gasteiger partial charge < -0.3 is 4.90 Å². The number of halogens is 1. The van der Waals surface area contributed by atoms with Crippen LogP contribution in [0.1, 0.15) is 51.9 Å². The third kappa shape index (κ3) is 5.77. The Morgan fingerprint density at radius 3 is 2.33 bits per heavy atom. The van der Waals surface area contributed by atoms with E-state index in [9.17, 15) is 0 Å². The number of nitrogens with zero attached hydrogens (tertiary/aromatic N) is 1. The molecule has 0 atom stereocenters. The topological polar surface area (TPSA) is 3.24 Å². The molecule has 0 N–H and O–H groups in total. The standard InChI is InChI=1S/C13H26ClN/c1-2-13-7-11-15(12-8-13)10-6-4-3-5-9-14/h13H,2-12H2,1H3. The second-order valence-electron chi connectivity index (χ2n) is 4.80. The monoisotopic (exact) mass is 231 g/mol. The summed E-state index contributed by atoms with van der Waals surface area (Å²) in [6, 6.07) is 0. The molecule has 0 spiro atoms. The normalized spacial score (nSPS) is 19.6. The zero-order chi connectivity index (χ0) is 10.9. The number of hydrogen-bond donors (Lipinski definition) is 0. The predicted octanol–water partition coefficient (Wildman–Crippen LogP) is 3.91. The van der Waals surface area contributed by atoms with Gasteiger partial charge in [0.1, 0.15) is 0 Å². The van der Waals surface area contributed by atoms with Crippen LogP contribution in [0.3, 0.4) is 0 Å². The summed E-state index contributed by atoms with van der Waals surface area (Å²) in [7, 11) is 0. The average Bonchev–Trinajstić information content (AvgIpc) is 2.30. The Balaban J connectivity index is 1.94. The lowest BCUT2D eigenvalue weighted by molar-refractivity contribution is 0.179. The van der Waals surface area contributed by atoms with Gasteiger partial charge >= 0.3 is 0 Å². The summed E-state index contributed by atoms with van der Waals surface area (Å²) in [6.07, 6.45) is 9.47. The van der Waals surface area contributed by atoms with Crippen LogP contribution in [0, 0.1) is 5.92 Å². The van der Waals surface area contributed by atoms with Crippen LogP contribution < -0.4 is 0 Å². The van der Waals surface area contributed by atoms with Crippen LogP contribution in [0.15, 0.2) is 0 Å². The molecule has 15 heavy (non-hydrogen) atoms. The maximum Gasteiger partial charge on any atom is 0.0223 e. The maximum atomic E-state index is 5.65. The van der Waals surface area contributed by atoms with Crippen molar-refractivity contribution in [3.63, 3.8) is 0 Å². The molecule has 1 saturated heterocycles. The van der Waals surface area contributed by atoms with Gasteiger partial charge in [0.05, 0.1) is 0 Å². The molecule has 0 saturated carbocycles. The lowest BCUT2D eigenvalue weighted by atomic mass is 9.94. The van der Waals surface area contributed by atoms with E-state index in [-0.39, 0.29) is 0 Å². The Hall–Kier alpha value is 0.250. The molecule has 0 aromatic carbocycles. The Bertz CT molecular complexity index is 141. The molecule has 0 aliphatic carbocycles. The molecule has 1 fully saturated rings. The predicted molar refractivity (Wildman–Crippen MR) is 68.6 cm³/mol. The van der Waals surface area contributed by atoms with E-state index < -0.39 is 0 Å². The number of rotatable bonds is 7. The smallest absolute Gasteiger partial charge is 0.0223 e. The number of likely N-dealkylation sites (tertiary alicyclic amines) is 1. The van der Waals surface area contributed by atoms with Crippen molar-refractivity contribution in [3.8, 4) is 0 Å². The molecule has 0 amide bonds. The number of unbranched alkanes of at least 4 members (excludes halogenated alkanes) is 3. The average molecular weight is 232 g/mol. The van der Waals surface area contributed by atoms with Gasteiger partial charge in [-0.1, -0.05) is 26.2 Å². The molecule has 0 bridgehead atoms. The van der Waals surface area contributed by atoms with Gasteiger partial charge in [-0.15, -0.1) is 11.6 Å². The highest BCUT2D eigenvalue weighted by Gasteiger charge is 2.16. The third-order valence-corrected chi connectivity index (χ3v) is 3.91. The van der Waals surface area contributed by atoms with E-state index in [2.05, 4.69) is 11.8 Å². The zero-order valence-corrected chi connectivity index (χ0v) is 10.9. The Morgan fingerprint density at radius 2 is 1.73 bits per heavy atom. The summed E-state index contributed by atoms with van der Waals surface area (Å²) >= 11 is 5.65. The molecular weight excluding hydrogens is 206 g/mol. The second-order valence-corrected chi connectivity index (χ2v) is 5.17. The lowest BCUT2D eigenvalue weighted by Gasteiger charge is -2.31. The van der Waals surface area contributed by atoms with Crippen molar-refractivity contribution in [1.29, 1.82) is 0 Å². The Labute approximate surface area is 100 Å². The SMILES string of the molecule is CCC1CCN(CCCCCCCl)CC1. The highest BCUT2D eigenvalue weighted by atomic mass is 35.5. The fraction of sp³-hybridized carbons (Fsp3) is 1.00. The van der Waals surface area contributed by atoms with Crippen LogP contribution in [0.25, 0.3) is 0 Å². The minimum Gasteiger partial charge on any atom is -0.303 e. The first-order chi connectivity index (χ1) is 7.36. The summed E-state index contributed by atoms with van der Waals surface area (Å²) in [4.78, 5) is 2.65. The van der Waals surface area contributed by atoms with Crippen molar-refractivity contribution >= 4 is 11.6 Å². The molecule has 1 aliphatic rings. The summed E-state index contributed by atoms with van der Waals surface area (Å²) < 4.78 is 0. The minimum atomic E-state index is 0.835. The fourth-order valence-electron chi connectivity index (χ4n) is 2.40. The number of hydrogen-bond acceptors (Lipinski definition) is 1. The quantitative estimate of drug-likeness (QED) is 0.475. The summed E-state index contributed by atoms with van der Waals surface area (Å²) in [5.41, 5.74) is 0. The second kappa shape index (κ2) is 8.41. The number of alkyl halides is 1. The molecule has 1 nitrogen and oxygen atoms in total. The van der Waals surface area contributed by atoms with Crippen molar-refractivity contribution in [1.82, 2.24) is 4.90 Å². The van der Waals surface area contributed by atoms with Gasteiger partial charge in [-0.3, -0.25) is 0 Å². The van der Waals surface area contributed by atoms with Gasteiger partial charge in [0.25, 0.3) is 0 Å². The summed E-state index contributed by atoms with van der Waals surface area (Å²) in [6.45, 7) is 6.33. The van der Waals surface area contributed by atoms with Crippen molar-refractivity contribution in [2.75, 3.05) is 25.5 Å². The summed E-state index contributed by atoms with van der Waals surface area (Å²) in [5, 5.41) is 0. The first-order valence-corrected chi connectivity index (χ1v) is 7.18. The highest BCUT2D eigenvalue weighted by molar-refractivity contribution is 6.17. The van der Waals surface area contributed by atoms with Gasteiger partial charge in [-0.25, -0.2) is 0 Å². The molecule has 1 aliphatic heterocycles. The van der Waals surface area contributed by atoms with Gasteiger partial charge in [-0.2, -0.15) is 0 Å². The molecule has 0 aromatic heterocycles. The van der Waals surface area contributed by atoms with Crippen LogP contribution in [-0.2, 0) is 0 Å². The largest absolute Gasteiger partial charge is 0.303 e. The molecule has 1 heterocycles. The van der Waals surface area contributed by atoms with E-state index in [1.165, 1.54) is 64.6 Å². The molecule has 1 rings (SSSR count). The van der Waals surface area contributed by atoms with Gasteiger partial charge in [0.15, 0.2) is 0 Å². The Kier molecular flexibility index (Phi) is 7.46. The minimum absolute atomic E-state index is 0.835. The molecule has 2 heteroatoms. The van der Waals surface area contributed by atoms with E-state index in [0.29, 0.717) is 0 Å². The molecule has 0 radical (unpaired) electrons. The third-order valence-electron chi connectivity index (χ3n) is 3.64. The molecule has 90 valence electrons. The first kappa shape index (κ1) is 13.3. The molecular formula is C13H26ClN. The molecule has 0 aromatic rings. The van der Waals surface area contributed by atoms with Crippen LogP contribution in [-0.4, -0.2) is 30.4 Å². The van der Waals surface area contributed by atoms with Crippen molar-refractivity contribution in [2.24, 2.45) is 5.92 Å². The van der Waals surface area contributed by atoms with Crippen LogP contribution in [0.4, 0.5) is 0 Å². The van der Waals surface area contributed by atoms with E-state index in [0.717, 1.165) is 11.8 Å². The first-order valence-electron chi connectivity index (χ1n) is 6.65. The van der Waals surface area contributed by atoms with Gasteiger partial charge in [-0.05, 0) is 51.2 Å². The summed E-state index contributed by atoms with van der Waals surface area (Å²) in [5.74, 6) is 1.85. The molecule has 0 unspecified atom stereocenters. The van der Waals surface area contributed by atoms with E-state index in [4.69, 9.17) is 11.6 Å². The van der Waals surface area contributed by atoms with E-state index in [1.54, 1.807) is 0 Å². The fourth-order valence-corrected chi connectivity index (χ4v) is 2.59. The van der Waals surface area contributed by atoms with Crippen LogP contribution in [0.5, 0.6) is 0 Å². The van der Waals surface area contributed by atoms with Gasteiger partial charge in [0, 0.05) is 5.88 Å². The maximum absolute atomic E-state index is 5.65. The van der Waals surface area contributed by atoms with Crippen molar-refractivity contribution < 1.29 is 0 Å². The van der Waals surface area contributed by atoms with E-state index in [1.807, 2.05) is 0 Å². The number of piperidine rings is 1. The van der Waals surface area contributed by atoms with Crippen molar-refractivity contribution in [3.05, 3.63) is 0 Å². The van der Waals surface area contributed by atoms with Crippen LogP contribution in [0.2, 0.25) is 0 Å².